The zero-order valence-corrected chi connectivity index (χ0v) is 14.7. The second-order valence-corrected chi connectivity index (χ2v) is 7.40. The first-order chi connectivity index (χ1) is 12.1. The van der Waals surface area contributed by atoms with Gasteiger partial charge in [-0.2, -0.15) is 0 Å². The quantitative estimate of drug-likeness (QED) is 0.545. The third-order valence-corrected chi connectivity index (χ3v) is 5.56. The van der Waals surface area contributed by atoms with Gasteiger partial charge in [-0.15, -0.1) is 22.7 Å². The summed E-state index contributed by atoms with van der Waals surface area (Å²) in [7, 11) is 0. The molecule has 25 heavy (non-hydrogen) atoms. The highest BCUT2D eigenvalue weighted by molar-refractivity contribution is 7.21. The number of fused-ring (bicyclic) bond motifs is 1. The van der Waals surface area contributed by atoms with E-state index < -0.39 is 0 Å². The lowest BCUT2D eigenvalue weighted by Crippen LogP contribution is -2.09. The van der Waals surface area contributed by atoms with E-state index in [9.17, 15) is 9.18 Å². The molecule has 0 aliphatic carbocycles. The number of rotatable bonds is 3. The van der Waals surface area contributed by atoms with Crippen LogP contribution >= 0.6 is 22.7 Å². The highest BCUT2D eigenvalue weighted by atomic mass is 32.1. The number of hydrogen-bond acceptors (Lipinski definition) is 5. The number of nitrogens with one attached hydrogen (secondary N) is 1. The molecule has 4 aromatic rings. The third-order valence-electron chi connectivity index (χ3n) is 3.71. The van der Waals surface area contributed by atoms with Crippen molar-refractivity contribution in [2.75, 3.05) is 5.32 Å². The van der Waals surface area contributed by atoms with Gasteiger partial charge >= 0.3 is 0 Å². The smallest absolute Gasteiger partial charge is 0.267 e. The average Bonchev–Trinajstić information content (AvgIpc) is 3.26. The molecular formula is C18H12FN3OS2. The molecule has 0 unspecified atom stereocenters. The van der Waals surface area contributed by atoms with E-state index in [0.717, 1.165) is 20.8 Å². The molecule has 2 aromatic carbocycles. The Kier molecular flexibility index (Phi) is 4.03. The topological polar surface area (TPSA) is 54.9 Å². The van der Waals surface area contributed by atoms with Crippen LogP contribution in [0.3, 0.4) is 0 Å². The van der Waals surface area contributed by atoms with Gasteiger partial charge < -0.3 is 5.32 Å². The summed E-state index contributed by atoms with van der Waals surface area (Å²) in [4.78, 5) is 21.2. The summed E-state index contributed by atoms with van der Waals surface area (Å²) in [6.45, 7) is 1.74. The maximum Gasteiger partial charge on any atom is 0.267 e. The monoisotopic (exact) mass is 369 g/mol. The summed E-state index contributed by atoms with van der Waals surface area (Å²) in [6, 6.07) is 10.6. The molecule has 4 nitrogen and oxygen atoms in total. The van der Waals surface area contributed by atoms with Gasteiger partial charge in [0.05, 0.1) is 21.9 Å². The number of aromatic nitrogens is 2. The standard InChI is InChI=1S/C18H12FN3OS2/c1-10-6-11(2-4-13(10)19)18-22-14-7-12(3-5-15(14)25-18)21-17(23)16-8-20-9-24-16/h2-9H,1H3,(H,21,23). The van der Waals surface area contributed by atoms with Crippen molar-refractivity contribution >= 4 is 44.5 Å². The van der Waals surface area contributed by atoms with Gasteiger partial charge in [0.1, 0.15) is 15.7 Å². The van der Waals surface area contributed by atoms with Crippen LogP contribution in [-0.2, 0) is 0 Å². The summed E-state index contributed by atoms with van der Waals surface area (Å²) in [6.07, 6.45) is 1.54. The van der Waals surface area contributed by atoms with Crippen LogP contribution in [0.1, 0.15) is 15.2 Å². The molecule has 1 N–H and O–H groups in total. The second kappa shape index (κ2) is 6.34. The van der Waals surface area contributed by atoms with Gasteiger partial charge in [-0.05, 0) is 48.9 Å². The van der Waals surface area contributed by atoms with E-state index in [-0.39, 0.29) is 11.7 Å². The lowest BCUT2D eigenvalue weighted by Gasteiger charge is -2.02. The normalized spacial score (nSPS) is 11.0. The Morgan fingerprint density at radius 2 is 2.08 bits per heavy atom. The van der Waals surface area contributed by atoms with Crippen LogP contribution in [0.5, 0.6) is 0 Å². The van der Waals surface area contributed by atoms with E-state index in [0.29, 0.717) is 16.1 Å². The molecule has 124 valence electrons. The molecule has 0 saturated heterocycles. The fraction of sp³-hybridized carbons (Fsp3) is 0.0556. The lowest BCUT2D eigenvalue weighted by molar-refractivity contribution is 0.103. The van der Waals surface area contributed by atoms with Gasteiger partial charge in [0.2, 0.25) is 0 Å². The maximum atomic E-state index is 13.4. The van der Waals surface area contributed by atoms with Crippen molar-refractivity contribution in [3.63, 3.8) is 0 Å². The Bertz CT molecular complexity index is 1070. The number of hydrogen-bond donors (Lipinski definition) is 1. The molecule has 0 radical (unpaired) electrons. The Labute approximate surface area is 151 Å². The zero-order chi connectivity index (χ0) is 17.4. The molecule has 1 amide bonds. The van der Waals surface area contributed by atoms with E-state index in [1.807, 2.05) is 18.2 Å². The van der Waals surface area contributed by atoms with Crippen LogP contribution in [-0.4, -0.2) is 15.9 Å². The van der Waals surface area contributed by atoms with Gasteiger partial charge in [-0.25, -0.2) is 9.37 Å². The van der Waals surface area contributed by atoms with Crippen molar-refractivity contribution in [1.29, 1.82) is 0 Å². The Balaban J connectivity index is 1.65. The predicted octanol–water partition coefficient (Wildman–Crippen LogP) is 5.12. The zero-order valence-electron chi connectivity index (χ0n) is 13.1. The second-order valence-electron chi connectivity index (χ2n) is 5.49. The van der Waals surface area contributed by atoms with Crippen molar-refractivity contribution in [3.05, 3.63) is 64.4 Å². The van der Waals surface area contributed by atoms with Crippen molar-refractivity contribution in [3.8, 4) is 10.6 Å². The van der Waals surface area contributed by atoms with Gasteiger partial charge in [0.15, 0.2) is 0 Å². The maximum absolute atomic E-state index is 13.4. The predicted molar refractivity (Wildman–Crippen MR) is 99.8 cm³/mol. The minimum atomic E-state index is -0.224. The molecule has 0 saturated carbocycles. The molecule has 0 fully saturated rings. The van der Waals surface area contributed by atoms with Gasteiger partial charge in [-0.1, -0.05) is 0 Å². The van der Waals surface area contributed by atoms with Crippen LogP contribution < -0.4 is 5.32 Å². The minimum absolute atomic E-state index is 0.188. The van der Waals surface area contributed by atoms with E-state index in [1.165, 1.54) is 34.9 Å². The highest BCUT2D eigenvalue weighted by Gasteiger charge is 2.11. The molecule has 7 heteroatoms. The molecule has 0 aliphatic heterocycles. The number of carbonyl (C=O) groups is 1. The number of aryl methyl sites for hydroxylation is 1. The molecular weight excluding hydrogens is 357 g/mol. The first-order valence-electron chi connectivity index (χ1n) is 7.47. The molecule has 2 heterocycles. The Morgan fingerprint density at radius 1 is 1.20 bits per heavy atom. The summed E-state index contributed by atoms with van der Waals surface area (Å²) in [5.74, 6) is -0.413. The fourth-order valence-electron chi connectivity index (χ4n) is 2.43. The molecule has 0 bridgehead atoms. The van der Waals surface area contributed by atoms with E-state index in [4.69, 9.17) is 0 Å². The van der Waals surface area contributed by atoms with Gasteiger partial charge in [0.25, 0.3) is 5.91 Å². The first-order valence-corrected chi connectivity index (χ1v) is 9.17. The van der Waals surface area contributed by atoms with Crippen LogP contribution in [0.2, 0.25) is 0 Å². The van der Waals surface area contributed by atoms with Crippen LogP contribution in [0.15, 0.2) is 48.1 Å². The molecule has 0 aliphatic rings. The molecule has 0 spiro atoms. The summed E-state index contributed by atoms with van der Waals surface area (Å²) in [5, 5.41) is 3.67. The average molecular weight is 369 g/mol. The number of benzene rings is 2. The summed E-state index contributed by atoms with van der Waals surface area (Å²) in [5.41, 5.74) is 4.57. The molecule has 4 rings (SSSR count). The van der Waals surface area contributed by atoms with Crippen molar-refractivity contribution in [2.24, 2.45) is 0 Å². The van der Waals surface area contributed by atoms with E-state index in [1.54, 1.807) is 24.6 Å². The Morgan fingerprint density at radius 3 is 2.84 bits per heavy atom. The number of anilines is 1. The number of carbonyl (C=O) groups excluding carboxylic acids is 1. The highest BCUT2D eigenvalue weighted by Crippen LogP contribution is 2.32. The number of nitrogens with zero attached hydrogens (tertiary/aromatic N) is 2. The van der Waals surface area contributed by atoms with E-state index >= 15 is 0 Å². The fourth-order valence-corrected chi connectivity index (χ4v) is 3.88. The van der Waals surface area contributed by atoms with Crippen molar-refractivity contribution in [2.45, 2.75) is 6.92 Å². The first kappa shape index (κ1) is 15.9. The number of thiazole rings is 2. The number of amides is 1. The number of halogens is 1. The van der Waals surface area contributed by atoms with Gasteiger partial charge in [-0.3, -0.25) is 9.78 Å². The van der Waals surface area contributed by atoms with Crippen LogP contribution in [0, 0.1) is 12.7 Å². The third kappa shape index (κ3) is 3.16. The SMILES string of the molecule is Cc1cc(-c2nc3cc(NC(=O)c4cncs4)ccc3s2)ccc1F. The molecule has 0 atom stereocenters. The Hall–Kier alpha value is -2.64. The minimum Gasteiger partial charge on any atom is -0.321 e. The van der Waals surface area contributed by atoms with Crippen molar-refractivity contribution in [1.82, 2.24) is 9.97 Å². The van der Waals surface area contributed by atoms with Crippen LogP contribution in [0.4, 0.5) is 10.1 Å². The largest absolute Gasteiger partial charge is 0.321 e. The van der Waals surface area contributed by atoms with E-state index in [2.05, 4.69) is 15.3 Å². The van der Waals surface area contributed by atoms with Gasteiger partial charge in [0, 0.05) is 11.3 Å². The molecule has 2 aromatic heterocycles. The summed E-state index contributed by atoms with van der Waals surface area (Å²) < 4.78 is 14.5. The van der Waals surface area contributed by atoms with Crippen LogP contribution in [0.25, 0.3) is 20.8 Å². The summed E-state index contributed by atoms with van der Waals surface area (Å²) >= 11 is 2.83. The van der Waals surface area contributed by atoms with Crippen molar-refractivity contribution < 1.29 is 9.18 Å². The lowest BCUT2D eigenvalue weighted by atomic mass is 10.1.